The Morgan fingerprint density at radius 1 is 1.28 bits per heavy atom. The molecule has 1 aromatic heterocycles. The van der Waals surface area contributed by atoms with Gasteiger partial charge in [0.05, 0.1) is 11.0 Å². The summed E-state index contributed by atoms with van der Waals surface area (Å²) in [7, 11) is 0. The molecule has 0 unspecified atom stereocenters. The zero-order valence-corrected chi connectivity index (χ0v) is 8.91. The molecule has 8 heteroatoms. The van der Waals surface area contributed by atoms with Crippen molar-refractivity contribution < 1.29 is 14.1 Å². The smallest absolute Gasteiger partial charge is 0.269 e. The minimum atomic E-state index is -0.820. The van der Waals surface area contributed by atoms with E-state index in [1.807, 2.05) is 0 Å². The molecular formula is C10H7FN4O3. The molecule has 0 fully saturated rings. The van der Waals surface area contributed by atoms with Gasteiger partial charge in [0.25, 0.3) is 5.69 Å². The third-order valence-electron chi connectivity index (χ3n) is 1.96. The molecule has 0 amide bonds. The lowest BCUT2D eigenvalue weighted by molar-refractivity contribution is -0.384. The number of nitro groups is 1. The molecule has 92 valence electrons. The summed E-state index contributed by atoms with van der Waals surface area (Å²) >= 11 is 0. The van der Waals surface area contributed by atoms with Crippen molar-refractivity contribution in [3.05, 3.63) is 46.4 Å². The second-order valence-electron chi connectivity index (χ2n) is 3.24. The molecule has 2 N–H and O–H groups in total. The maximum Gasteiger partial charge on any atom is 0.269 e. The number of nitrogens with two attached hydrogens (primary N) is 1. The van der Waals surface area contributed by atoms with Crippen LogP contribution in [0.4, 0.5) is 16.0 Å². The average Bonchev–Trinajstić information content (AvgIpc) is 2.28. The summed E-state index contributed by atoms with van der Waals surface area (Å²) in [5, 5.41) is 10.4. The summed E-state index contributed by atoms with van der Waals surface area (Å²) in [4.78, 5) is 16.8. The van der Waals surface area contributed by atoms with Gasteiger partial charge in [0, 0.05) is 12.1 Å². The first-order valence-electron chi connectivity index (χ1n) is 4.77. The zero-order valence-electron chi connectivity index (χ0n) is 8.91. The lowest BCUT2D eigenvalue weighted by Crippen LogP contribution is -1.99. The average molecular weight is 250 g/mol. The van der Waals surface area contributed by atoms with Crippen LogP contribution in [0.15, 0.2) is 30.3 Å². The zero-order chi connectivity index (χ0) is 13.1. The Labute approximate surface area is 100 Å². The lowest BCUT2D eigenvalue weighted by Gasteiger charge is -2.04. The molecule has 1 aromatic carbocycles. The quantitative estimate of drug-likeness (QED) is 0.506. The maximum absolute atomic E-state index is 12.9. The molecule has 0 saturated heterocycles. The number of anilines is 1. The second kappa shape index (κ2) is 4.62. The molecule has 0 aliphatic rings. The monoisotopic (exact) mass is 250 g/mol. The summed E-state index contributed by atoms with van der Waals surface area (Å²) in [5.41, 5.74) is 5.17. The first kappa shape index (κ1) is 11.7. The van der Waals surface area contributed by atoms with Crippen molar-refractivity contribution in [1.29, 1.82) is 0 Å². The fourth-order valence-corrected chi connectivity index (χ4v) is 1.22. The summed E-state index contributed by atoms with van der Waals surface area (Å²) in [6.07, 6.45) is 0. The highest BCUT2D eigenvalue weighted by atomic mass is 19.1. The van der Waals surface area contributed by atoms with E-state index in [-0.39, 0.29) is 23.3 Å². The minimum absolute atomic E-state index is 0.0734. The van der Waals surface area contributed by atoms with Crippen molar-refractivity contribution in [3.8, 4) is 11.6 Å². The van der Waals surface area contributed by atoms with Gasteiger partial charge in [-0.2, -0.15) is 14.4 Å². The van der Waals surface area contributed by atoms with E-state index in [0.717, 1.165) is 6.07 Å². The fraction of sp³-hybridized carbons (Fsp3) is 0. The SMILES string of the molecule is Nc1nc(F)cc(Oc2ccc([N+](=O)[O-])cc2)n1. The Bertz CT molecular complexity index is 568. The minimum Gasteiger partial charge on any atom is -0.439 e. The van der Waals surface area contributed by atoms with Crippen molar-refractivity contribution >= 4 is 11.6 Å². The number of aromatic nitrogens is 2. The van der Waals surface area contributed by atoms with E-state index in [1.165, 1.54) is 24.3 Å². The Morgan fingerprint density at radius 2 is 1.94 bits per heavy atom. The Hall–Kier alpha value is -2.77. The maximum atomic E-state index is 12.9. The van der Waals surface area contributed by atoms with E-state index >= 15 is 0 Å². The van der Waals surface area contributed by atoms with Crippen LogP contribution in [0.5, 0.6) is 11.6 Å². The fourth-order valence-electron chi connectivity index (χ4n) is 1.22. The Morgan fingerprint density at radius 3 is 2.50 bits per heavy atom. The highest BCUT2D eigenvalue weighted by Crippen LogP contribution is 2.22. The van der Waals surface area contributed by atoms with E-state index in [4.69, 9.17) is 10.5 Å². The van der Waals surface area contributed by atoms with Crippen LogP contribution in [0.3, 0.4) is 0 Å². The van der Waals surface area contributed by atoms with Gasteiger partial charge in [0.2, 0.25) is 17.8 Å². The molecule has 7 nitrogen and oxygen atoms in total. The number of rotatable bonds is 3. The van der Waals surface area contributed by atoms with E-state index in [1.54, 1.807) is 0 Å². The molecule has 2 rings (SSSR count). The van der Waals surface area contributed by atoms with Gasteiger partial charge in [-0.25, -0.2) is 0 Å². The van der Waals surface area contributed by atoms with Gasteiger partial charge in [-0.3, -0.25) is 10.1 Å². The van der Waals surface area contributed by atoms with Crippen LogP contribution in [0, 0.1) is 16.1 Å². The number of benzene rings is 1. The van der Waals surface area contributed by atoms with Crippen LogP contribution in [0.25, 0.3) is 0 Å². The van der Waals surface area contributed by atoms with Gasteiger partial charge in [-0.15, -0.1) is 0 Å². The molecule has 2 aromatic rings. The summed E-state index contributed by atoms with van der Waals surface area (Å²) in [5.74, 6) is -0.877. The van der Waals surface area contributed by atoms with Crippen LogP contribution in [0.2, 0.25) is 0 Å². The second-order valence-corrected chi connectivity index (χ2v) is 3.24. The van der Waals surface area contributed by atoms with Gasteiger partial charge >= 0.3 is 0 Å². The van der Waals surface area contributed by atoms with Crippen molar-refractivity contribution in [2.45, 2.75) is 0 Å². The van der Waals surface area contributed by atoms with Gasteiger partial charge in [0.15, 0.2) is 0 Å². The highest BCUT2D eigenvalue weighted by molar-refractivity contribution is 5.37. The normalized spacial score (nSPS) is 10.1. The number of nitrogens with zero attached hydrogens (tertiary/aromatic N) is 3. The van der Waals surface area contributed by atoms with Crippen LogP contribution in [0.1, 0.15) is 0 Å². The third-order valence-corrected chi connectivity index (χ3v) is 1.96. The molecule has 1 heterocycles. The van der Waals surface area contributed by atoms with Crippen molar-refractivity contribution in [2.24, 2.45) is 0 Å². The number of hydrogen-bond donors (Lipinski definition) is 1. The Balaban J connectivity index is 2.20. The molecule has 18 heavy (non-hydrogen) atoms. The summed E-state index contributed by atoms with van der Waals surface area (Å²) < 4.78 is 18.1. The molecule has 0 aliphatic heterocycles. The lowest BCUT2D eigenvalue weighted by atomic mass is 10.3. The predicted molar refractivity (Wildman–Crippen MR) is 59.6 cm³/mol. The van der Waals surface area contributed by atoms with E-state index in [0.29, 0.717) is 0 Å². The number of nitro benzene ring substituents is 1. The number of ether oxygens (including phenoxy) is 1. The standard InChI is InChI=1S/C10H7FN4O3/c11-8-5-9(14-10(12)13-8)18-7-3-1-6(2-4-7)15(16)17/h1-5H,(H2,12,13,14). The third kappa shape index (κ3) is 2.67. The molecule has 0 aliphatic carbocycles. The number of non-ortho nitro benzene ring substituents is 1. The van der Waals surface area contributed by atoms with Crippen LogP contribution < -0.4 is 10.5 Å². The number of hydrogen-bond acceptors (Lipinski definition) is 6. The van der Waals surface area contributed by atoms with Crippen molar-refractivity contribution in [2.75, 3.05) is 5.73 Å². The van der Waals surface area contributed by atoms with E-state index in [2.05, 4.69) is 9.97 Å². The Kier molecular flexibility index (Phi) is 3.00. The number of nitrogen functional groups attached to an aromatic ring is 1. The molecule has 0 saturated carbocycles. The van der Waals surface area contributed by atoms with Gasteiger partial charge < -0.3 is 10.5 Å². The van der Waals surface area contributed by atoms with Crippen molar-refractivity contribution in [1.82, 2.24) is 9.97 Å². The summed E-state index contributed by atoms with van der Waals surface area (Å²) in [6.45, 7) is 0. The molecule has 0 radical (unpaired) electrons. The van der Waals surface area contributed by atoms with Crippen LogP contribution in [-0.2, 0) is 0 Å². The first-order valence-corrected chi connectivity index (χ1v) is 4.77. The molecule has 0 atom stereocenters. The van der Waals surface area contributed by atoms with Gasteiger partial charge in [-0.1, -0.05) is 0 Å². The largest absolute Gasteiger partial charge is 0.439 e. The molecule has 0 bridgehead atoms. The van der Waals surface area contributed by atoms with E-state index in [9.17, 15) is 14.5 Å². The highest BCUT2D eigenvalue weighted by Gasteiger charge is 2.07. The summed E-state index contributed by atoms with van der Waals surface area (Å²) in [6, 6.07) is 6.22. The van der Waals surface area contributed by atoms with Crippen molar-refractivity contribution in [3.63, 3.8) is 0 Å². The molecule has 0 spiro atoms. The van der Waals surface area contributed by atoms with Crippen LogP contribution in [-0.4, -0.2) is 14.9 Å². The number of halogens is 1. The van der Waals surface area contributed by atoms with Crippen LogP contribution >= 0.6 is 0 Å². The first-order chi connectivity index (χ1) is 8.54. The topological polar surface area (TPSA) is 104 Å². The van der Waals surface area contributed by atoms with Gasteiger partial charge in [0.1, 0.15) is 5.75 Å². The van der Waals surface area contributed by atoms with E-state index < -0.39 is 10.9 Å². The van der Waals surface area contributed by atoms with Gasteiger partial charge in [-0.05, 0) is 12.1 Å². The predicted octanol–water partition coefficient (Wildman–Crippen LogP) is 1.90. The molecular weight excluding hydrogens is 243 g/mol.